The molecule has 0 radical (unpaired) electrons. The van der Waals surface area contributed by atoms with Crippen LogP contribution in [-0.2, 0) is 4.74 Å². The number of amides is 1. The molecule has 1 aliphatic carbocycles. The number of nitrogens with one attached hydrogen (secondary N) is 1. The molecule has 1 aliphatic rings. The molecular formula is C13H22N2O2. The van der Waals surface area contributed by atoms with Gasteiger partial charge < -0.3 is 10.1 Å². The molecule has 1 N–H and O–H groups in total. The second kappa shape index (κ2) is 5.39. The Morgan fingerprint density at radius 2 is 1.94 bits per heavy atom. The van der Waals surface area contributed by atoms with Gasteiger partial charge in [0.25, 0.3) is 0 Å². The molecule has 0 aromatic carbocycles. The molecule has 1 fully saturated rings. The van der Waals surface area contributed by atoms with Gasteiger partial charge in [0, 0.05) is 0 Å². The Morgan fingerprint density at radius 1 is 1.35 bits per heavy atom. The Balaban J connectivity index is 2.61. The molecule has 0 aromatic rings. The highest BCUT2D eigenvalue weighted by atomic mass is 16.6. The molecule has 0 bridgehead atoms. The Hall–Kier alpha value is -1.24. The number of ether oxygens (including phenoxy) is 1. The van der Waals surface area contributed by atoms with E-state index in [4.69, 9.17) is 10.00 Å². The van der Waals surface area contributed by atoms with E-state index >= 15 is 0 Å². The zero-order valence-electron chi connectivity index (χ0n) is 11.0. The molecule has 0 aromatic heterocycles. The lowest BCUT2D eigenvalue weighted by molar-refractivity contribution is 0.0427. The van der Waals surface area contributed by atoms with Crippen molar-refractivity contribution in [2.75, 3.05) is 0 Å². The zero-order valence-corrected chi connectivity index (χ0v) is 11.0. The Labute approximate surface area is 103 Å². The SMILES string of the molecule is CC(C)(C)OC(=O)NC1(CC#N)CCCCC1. The van der Waals surface area contributed by atoms with Crippen LogP contribution in [0.25, 0.3) is 0 Å². The Morgan fingerprint density at radius 3 is 2.41 bits per heavy atom. The van der Waals surface area contributed by atoms with Gasteiger partial charge in [-0.3, -0.25) is 0 Å². The van der Waals surface area contributed by atoms with Gasteiger partial charge in [-0.15, -0.1) is 0 Å². The number of hydrogen-bond acceptors (Lipinski definition) is 3. The highest BCUT2D eigenvalue weighted by Crippen LogP contribution is 2.31. The third-order valence-corrected chi connectivity index (χ3v) is 2.99. The smallest absolute Gasteiger partial charge is 0.408 e. The van der Waals surface area contributed by atoms with Crippen molar-refractivity contribution in [2.24, 2.45) is 0 Å². The molecule has 1 rings (SSSR count). The van der Waals surface area contributed by atoms with E-state index in [1.54, 1.807) is 0 Å². The minimum absolute atomic E-state index is 0.366. The minimum Gasteiger partial charge on any atom is -0.444 e. The number of rotatable bonds is 2. The summed E-state index contributed by atoms with van der Waals surface area (Å²) in [5.74, 6) is 0. The number of nitriles is 1. The van der Waals surface area contributed by atoms with Crippen LogP contribution in [0.1, 0.15) is 59.3 Å². The third kappa shape index (κ3) is 4.64. The quantitative estimate of drug-likeness (QED) is 0.804. The van der Waals surface area contributed by atoms with Crippen LogP contribution in [0, 0.1) is 11.3 Å². The predicted octanol–water partition coefficient (Wildman–Crippen LogP) is 3.13. The second-order valence-corrected chi connectivity index (χ2v) is 5.80. The maximum absolute atomic E-state index is 11.8. The van der Waals surface area contributed by atoms with Crippen LogP contribution < -0.4 is 5.32 Å². The molecule has 4 heteroatoms. The first-order chi connectivity index (χ1) is 7.87. The van der Waals surface area contributed by atoms with Gasteiger partial charge in [0.05, 0.1) is 18.0 Å². The Bertz CT molecular complexity index is 306. The van der Waals surface area contributed by atoms with Gasteiger partial charge in [-0.05, 0) is 33.6 Å². The van der Waals surface area contributed by atoms with Gasteiger partial charge in [0.1, 0.15) is 5.60 Å². The fourth-order valence-corrected chi connectivity index (χ4v) is 2.25. The van der Waals surface area contributed by atoms with E-state index in [1.165, 1.54) is 6.42 Å². The molecule has 0 saturated heterocycles. The van der Waals surface area contributed by atoms with Crippen molar-refractivity contribution in [3.63, 3.8) is 0 Å². The second-order valence-electron chi connectivity index (χ2n) is 5.80. The number of alkyl carbamates (subject to hydrolysis) is 1. The molecule has 0 unspecified atom stereocenters. The van der Waals surface area contributed by atoms with Crippen LogP contribution in [0.3, 0.4) is 0 Å². The fraction of sp³-hybridized carbons (Fsp3) is 0.846. The molecular weight excluding hydrogens is 216 g/mol. The maximum Gasteiger partial charge on any atom is 0.408 e. The molecule has 0 heterocycles. The fourth-order valence-electron chi connectivity index (χ4n) is 2.25. The average molecular weight is 238 g/mol. The van der Waals surface area contributed by atoms with E-state index < -0.39 is 11.7 Å². The highest BCUT2D eigenvalue weighted by Gasteiger charge is 2.34. The van der Waals surface area contributed by atoms with E-state index in [9.17, 15) is 4.79 Å². The van der Waals surface area contributed by atoms with Crippen molar-refractivity contribution < 1.29 is 9.53 Å². The summed E-state index contributed by atoms with van der Waals surface area (Å²) in [7, 11) is 0. The van der Waals surface area contributed by atoms with Gasteiger partial charge in [-0.25, -0.2) is 4.79 Å². The van der Waals surface area contributed by atoms with Gasteiger partial charge in [-0.2, -0.15) is 5.26 Å². The first kappa shape index (κ1) is 13.8. The summed E-state index contributed by atoms with van der Waals surface area (Å²) >= 11 is 0. The summed E-state index contributed by atoms with van der Waals surface area (Å²) in [6.07, 6.45) is 5.03. The highest BCUT2D eigenvalue weighted by molar-refractivity contribution is 5.68. The average Bonchev–Trinajstić information content (AvgIpc) is 2.15. The van der Waals surface area contributed by atoms with Gasteiger partial charge in [0.15, 0.2) is 0 Å². The summed E-state index contributed by atoms with van der Waals surface area (Å²) in [5.41, 5.74) is -0.859. The van der Waals surface area contributed by atoms with E-state index in [1.807, 2.05) is 20.8 Å². The lowest BCUT2D eigenvalue weighted by Gasteiger charge is -2.36. The first-order valence-corrected chi connectivity index (χ1v) is 6.25. The Kier molecular flexibility index (Phi) is 4.39. The van der Waals surface area contributed by atoms with Crippen molar-refractivity contribution in [3.05, 3.63) is 0 Å². The molecule has 0 atom stereocenters. The standard InChI is InChI=1S/C13H22N2O2/c1-12(2,3)17-11(16)15-13(9-10-14)7-5-4-6-8-13/h4-9H2,1-3H3,(H,15,16). The van der Waals surface area contributed by atoms with Crippen LogP contribution in [0.2, 0.25) is 0 Å². The van der Waals surface area contributed by atoms with E-state index in [2.05, 4.69) is 11.4 Å². The number of hydrogen-bond donors (Lipinski definition) is 1. The molecule has 17 heavy (non-hydrogen) atoms. The predicted molar refractivity (Wildman–Crippen MR) is 65.4 cm³/mol. The van der Waals surface area contributed by atoms with E-state index in [0.717, 1.165) is 25.7 Å². The molecule has 1 saturated carbocycles. The first-order valence-electron chi connectivity index (χ1n) is 6.25. The summed E-state index contributed by atoms with van der Waals surface area (Å²) in [6.45, 7) is 5.51. The van der Waals surface area contributed by atoms with Gasteiger partial charge in [-0.1, -0.05) is 19.3 Å². The minimum atomic E-state index is -0.493. The lowest BCUT2D eigenvalue weighted by Crippen LogP contribution is -2.51. The largest absolute Gasteiger partial charge is 0.444 e. The summed E-state index contributed by atoms with van der Waals surface area (Å²) in [4.78, 5) is 11.8. The molecule has 1 amide bonds. The van der Waals surface area contributed by atoms with E-state index in [0.29, 0.717) is 6.42 Å². The summed E-state index contributed by atoms with van der Waals surface area (Å²) in [6, 6.07) is 2.18. The van der Waals surface area contributed by atoms with Crippen LogP contribution in [0.4, 0.5) is 4.79 Å². The van der Waals surface area contributed by atoms with Gasteiger partial charge >= 0.3 is 6.09 Å². The number of carbonyl (C=O) groups is 1. The van der Waals surface area contributed by atoms with Gasteiger partial charge in [0.2, 0.25) is 0 Å². The maximum atomic E-state index is 11.8. The normalized spacial score (nSPS) is 19.2. The van der Waals surface area contributed by atoms with Crippen molar-refractivity contribution in [2.45, 2.75) is 70.4 Å². The molecule has 0 aliphatic heterocycles. The number of carbonyl (C=O) groups excluding carboxylic acids is 1. The monoisotopic (exact) mass is 238 g/mol. The third-order valence-electron chi connectivity index (χ3n) is 2.99. The van der Waals surface area contributed by atoms with Crippen LogP contribution >= 0.6 is 0 Å². The summed E-state index contributed by atoms with van der Waals surface area (Å²) in [5, 5.41) is 11.8. The van der Waals surface area contributed by atoms with Crippen molar-refractivity contribution in [1.29, 1.82) is 5.26 Å². The number of nitrogens with zero attached hydrogens (tertiary/aromatic N) is 1. The summed E-state index contributed by atoms with van der Waals surface area (Å²) < 4.78 is 5.25. The zero-order chi connectivity index (χ0) is 12.9. The van der Waals surface area contributed by atoms with Crippen molar-refractivity contribution in [3.8, 4) is 6.07 Å². The van der Waals surface area contributed by atoms with Crippen LogP contribution in [0.5, 0.6) is 0 Å². The van der Waals surface area contributed by atoms with Crippen LogP contribution in [-0.4, -0.2) is 17.2 Å². The van der Waals surface area contributed by atoms with Crippen molar-refractivity contribution in [1.82, 2.24) is 5.32 Å². The van der Waals surface area contributed by atoms with E-state index in [-0.39, 0.29) is 5.54 Å². The topological polar surface area (TPSA) is 62.1 Å². The molecule has 0 spiro atoms. The lowest BCUT2D eigenvalue weighted by atomic mass is 9.80. The van der Waals surface area contributed by atoms with Crippen LogP contribution in [0.15, 0.2) is 0 Å². The van der Waals surface area contributed by atoms with Crippen molar-refractivity contribution >= 4 is 6.09 Å². The molecule has 96 valence electrons. The molecule has 4 nitrogen and oxygen atoms in total.